The average molecular weight is 430 g/mol. The predicted octanol–water partition coefficient (Wildman–Crippen LogP) is 2.50. The highest BCUT2D eigenvalue weighted by molar-refractivity contribution is 7.89. The van der Waals surface area contributed by atoms with Crippen LogP contribution >= 0.6 is 0 Å². The Morgan fingerprint density at radius 2 is 1.62 bits per heavy atom. The van der Waals surface area contributed by atoms with Crippen LogP contribution < -0.4 is 5.69 Å². The van der Waals surface area contributed by atoms with E-state index in [0.717, 1.165) is 37.1 Å². The largest absolute Gasteiger partial charge is 0.416 e. The number of hydrogen-bond donors (Lipinski definition) is 0. The number of rotatable bonds is 4. The van der Waals surface area contributed by atoms with Gasteiger partial charge in [0.05, 0.1) is 10.5 Å². The summed E-state index contributed by atoms with van der Waals surface area (Å²) in [6.45, 7) is 0.451. The molecular weight excluding hydrogens is 409 g/mol. The molecule has 2 fully saturated rings. The Balaban J connectivity index is 1.50. The summed E-state index contributed by atoms with van der Waals surface area (Å²) in [6.07, 6.45) is -1.62. The van der Waals surface area contributed by atoms with Gasteiger partial charge in [-0.1, -0.05) is 0 Å². The lowest BCUT2D eigenvalue weighted by atomic mass is 9.97. The summed E-state index contributed by atoms with van der Waals surface area (Å²) in [4.78, 5) is 12.1. The third-order valence-electron chi connectivity index (χ3n) is 5.53. The van der Waals surface area contributed by atoms with Crippen molar-refractivity contribution < 1.29 is 21.6 Å². The molecule has 1 aromatic carbocycles. The van der Waals surface area contributed by atoms with Gasteiger partial charge in [-0.3, -0.25) is 4.57 Å². The summed E-state index contributed by atoms with van der Waals surface area (Å²) in [5, 5.41) is 4.37. The number of sulfonamides is 1. The Hall–Kier alpha value is -2.14. The van der Waals surface area contributed by atoms with Crippen molar-refractivity contribution in [1.29, 1.82) is 0 Å². The lowest BCUT2D eigenvalue weighted by Gasteiger charge is -2.30. The molecule has 1 saturated heterocycles. The monoisotopic (exact) mass is 430 g/mol. The van der Waals surface area contributed by atoms with Crippen molar-refractivity contribution in [2.75, 3.05) is 13.1 Å². The smallest absolute Gasteiger partial charge is 0.276 e. The summed E-state index contributed by atoms with van der Waals surface area (Å²) in [5.74, 6) is 0.676. The number of hydrogen-bond acceptors (Lipinski definition) is 4. The van der Waals surface area contributed by atoms with Gasteiger partial charge in [-0.05, 0) is 49.9 Å². The molecule has 4 rings (SSSR count). The maximum Gasteiger partial charge on any atom is 0.416 e. The minimum absolute atomic E-state index is 0.0245. The number of aromatic nitrogens is 3. The molecule has 2 heterocycles. The van der Waals surface area contributed by atoms with Gasteiger partial charge in [0.25, 0.3) is 0 Å². The molecule has 0 radical (unpaired) electrons. The highest BCUT2D eigenvalue weighted by Crippen LogP contribution is 2.38. The van der Waals surface area contributed by atoms with Gasteiger partial charge >= 0.3 is 11.9 Å². The van der Waals surface area contributed by atoms with E-state index in [1.54, 1.807) is 11.6 Å². The summed E-state index contributed by atoms with van der Waals surface area (Å²) >= 11 is 0. The van der Waals surface area contributed by atoms with Crippen LogP contribution in [-0.2, 0) is 23.2 Å². The molecule has 1 aliphatic carbocycles. The van der Waals surface area contributed by atoms with Crippen molar-refractivity contribution in [3.8, 4) is 0 Å². The van der Waals surface area contributed by atoms with E-state index in [4.69, 9.17) is 0 Å². The highest BCUT2D eigenvalue weighted by Gasteiger charge is 2.36. The third kappa shape index (κ3) is 3.73. The first-order valence-electron chi connectivity index (χ1n) is 9.42. The minimum Gasteiger partial charge on any atom is -0.276 e. The van der Waals surface area contributed by atoms with Crippen LogP contribution in [0.2, 0.25) is 0 Å². The van der Waals surface area contributed by atoms with Gasteiger partial charge in [0.15, 0.2) is 0 Å². The summed E-state index contributed by atoms with van der Waals surface area (Å²) in [5.41, 5.74) is -1.04. The molecule has 158 valence electrons. The van der Waals surface area contributed by atoms with Gasteiger partial charge < -0.3 is 0 Å². The van der Waals surface area contributed by atoms with E-state index in [1.807, 2.05) is 0 Å². The quantitative estimate of drug-likeness (QED) is 0.747. The average Bonchev–Trinajstić information content (AvgIpc) is 3.47. The zero-order valence-corrected chi connectivity index (χ0v) is 16.6. The van der Waals surface area contributed by atoms with Crippen LogP contribution in [0.4, 0.5) is 13.2 Å². The van der Waals surface area contributed by atoms with Crippen molar-refractivity contribution in [2.24, 2.45) is 7.05 Å². The number of nitrogens with zero attached hydrogens (tertiary/aromatic N) is 4. The van der Waals surface area contributed by atoms with Crippen molar-refractivity contribution in [3.63, 3.8) is 0 Å². The van der Waals surface area contributed by atoms with Gasteiger partial charge in [0, 0.05) is 32.1 Å². The first-order chi connectivity index (χ1) is 13.6. The molecule has 11 heteroatoms. The first-order valence-corrected chi connectivity index (χ1v) is 10.9. The van der Waals surface area contributed by atoms with E-state index in [0.29, 0.717) is 18.7 Å². The second kappa shape index (κ2) is 6.98. The maximum atomic E-state index is 12.8. The standard InChI is InChI=1S/C18H21F3N4O3S/c1-23-17(26)25(14-4-5-14)16(22-23)12-8-10-24(11-9-12)29(27,28)15-6-2-13(3-7-15)18(19,20)21/h2-3,6-7,12,14H,4-5,8-11H2,1H3. The summed E-state index contributed by atoms with van der Waals surface area (Å²) in [6, 6.07) is 3.73. The van der Waals surface area contributed by atoms with Crippen molar-refractivity contribution in [2.45, 2.75) is 48.7 Å². The van der Waals surface area contributed by atoms with E-state index in [9.17, 15) is 26.4 Å². The Morgan fingerprint density at radius 3 is 2.14 bits per heavy atom. The van der Waals surface area contributed by atoms with E-state index in [-0.39, 0.29) is 35.6 Å². The van der Waals surface area contributed by atoms with Gasteiger partial charge in [-0.25, -0.2) is 17.9 Å². The molecule has 2 aromatic rings. The predicted molar refractivity (Wildman–Crippen MR) is 97.9 cm³/mol. The molecule has 1 aromatic heterocycles. The van der Waals surface area contributed by atoms with Crippen LogP contribution in [-0.4, -0.2) is 40.2 Å². The number of aryl methyl sites for hydroxylation is 1. The molecule has 0 N–H and O–H groups in total. The third-order valence-corrected chi connectivity index (χ3v) is 7.45. The Labute approximate surface area is 165 Å². The molecular formula is C18H21F3N4O3S. The molecule has 0 bridgehead atoms. The van der Waals surface area contributed by atoms with E-state index in [1.165, 1.54) is 8.99 Å². The zero-order chi connectivity index (χ0) is 21.0. The van der Waals surface area contributed by atoms with Crippen molar-refractivity contribution in [1.82, 2.24) is 18.7 Å². The fourth-order valence-electron chi connectivity index (χ4n) is 3.77. The SMILES string of the molecule is Cn1nc(C2CCN(S(=O)(=O)c3ccc(C(F)(F)F)cc3)CC2)n(C2CC2)c1=O. The number of halogens is 3. The highest BCUT2D eigenvalue weighted by atomic mass is 32.2. The summed E-state index contributed by atoms with van der Waals surface area (Å²) in [7, 11) is -2.27. The maximum absolute atomic E-state index is 12.8. The Bertz CT molecular complexity index is 1060. The topological polar surface area (TPSA) is 77.2 Å². The van der Waals surface area contributed by atoms with E-state index < -0.39 is 21.8 Å². The van der Waals surface area contributed by atoms with E-state index in [2.05, 4.69) is 5.10 Å². The second-order valence-corrected chi connectivity index (χ2v) is 9.50. The molecule has 0 amide bonds. The lowest BCUT2D eigenvalue weighted by molar-refractivity contribution is -0.137. The number of piperidine rings is 1. The minimum atomic E-state index is -4.51. The van der Waals surface area contributed by atoms with Crippen LogP contribution in [0.5, 0.6) is 0 Å². The molecule has 2 aliphatic rings. The molecule has 0 spiro atoms. The molecule has 0 atom stereocenters. The van der Waals surface area contributed by atoms with Crippen LogP contribution in [0.25, 0.3) is 0 Å². The molecule has 0 unspecified atom stereocenters. The van der Waals surface area contributed by atoms with Crippen LogP contribution in [0.1, 0.15) is 49.0 Å². The molecule has 29 heavy (non-hydrogen) atoms. The van der Waals surface area contributed by atoms with Gasteiger partial charge in [-0.15, -0.1) is 0 Å². The van der Waals surface area contributed by atoms with Crippen LogP contribution in [0.3, 0.4) is 0 Å². The fraction of sp³-hybridized carbons (Fsp3) is 0.556. The van der Waals surface area contributed by atoms with Gasteiger partial charge in [0.1, 0.15) is 5.82 Å². The lowest BCUT2D eigenvalue weighted by Crippen LogP contribution is -2.38. The first kappa shape index (κ1) is 20.1. The van der Waals surface area contributed by atoms with Gasteiger partial charge in [0.2, 0.25) is 10.0 Å². The van der Waals surface area contributed by atoms with Crippen LogP contribution in [0, 0.1) is 0 Å². The van der Waals surface area contributed by atoms with Crippen molar-refractivity contribution in [3.05, 3.63) is 46.1 Å². The zero-order valence-electron chi connectivity index (χ0n) is 15.8. The number of alkyl halides is 3. The van der Waals surface area contributed by atoms with Crippen LogP contribution in [0.15, 0.2) is 34.0 Å². The normalized spacial score (nSPS) is 19.6. The van der Waals surface area contributed by atoms with Crippen molar-refractivity contribution >= 4 is 10.0 Å². The molecule has 1 saturated carbocycles. The summed E-state index contributed by atoms with van der Waals surface area (Å²) < 4.78 is 68.1. The number of benzene rings is 1. The Morgan fingerprint density at radius 1 is 1.03 bits per heavy atom. The molecule has 7 nitrogen and oxygen atoms in total. The van der Waals surface area contributed by atoms with Gasteiger partial charge in [-0.2, -0.15) is 22.6 Å². The fourth-order valence-corrected chi connectivity index (χ4v) is 5.24. The Kier molecular flexibility index (Phi) is 4.85. The van der Waals surface area contributed by atoms with E-state index >= 15 is 0 Å². The second-order valence-electron chi connectivity index (χ2n) is 7.57. The molecule has 1 aliphatic heterocycles.